The molecule has 3 atom stereocenters. The van der Waals surface area contributed by atoms with Gasteiger partial charge in [-0.3, -0.25) is 0 Å². The molecule has 0 aliphatic heterocycles. The van der Waals surface area contributed by atoms with Crippen LogP contribution >= 0.6 is 0 Å². The summed E-state index contributed by atoms with van der Waals surface area (Å²) in [6, 6.07) is 54.9. The molecule has 0 amide bonds. The fourth-order valence-electron chi connectivity index (χ4n) is 9.04. The van der Waals surface area contributed by atoms with Gasteiger partial charge in [-0.2, -0.15) is 10.5 Å². The average molecular weight is 623 g/mol. The van der Waals surface area contributed by atoms with Gasteiger partial charge in [-0.15, -0.1) is 0 Å². The van der Waals surface area contributed by atoms with Crippen LogP contribution in [0.25, 0.3) is 45.0 Å². The van der Waals surface area contributed by atoms with Crippen molar-refractivity contribution in [2.75, 3.05) is 0 Å². The minimum Gasteiger partial charge on any atom is -0.228 e. The van der Waals surface area contributed by atoms with Crippen LogP contribution in [0.5, 0.6) is 0 Å². The fourth-order valence-corrected chi connectivity index (χ4v) is 9.04. The lowest BCUT2D eigenvalue weighted by atomic mass is 9.53. The lowest BCUT2D eigenvalue weighted by molar-refractivity contribution is 0.459. The third-order valence-electron chi connectivity index (χ3n) is 10.9. The molecular weight excluding hydrogens is 597 g/mol. The zero-order valence-corrected chi connectivity index (χ0v) is 26.3. The molecule has 3 aliphatic rings. The molecule has 1 aromatic heterocycles. The first-order chi connectivity index (χ1) is 24.2. The van der Waals surface area contributed by atoms with Crippen LogP contribution in [0.15, 0.2) is 146 Å². The van der Waals surface area contributed by atoms with Gasteiger partial charge in [0.1, 0.15) is 6.07 Å². The molecule has 4 heteroatoms. The van der Waals surface area contributed by atoms with E-state index in [4.69, 9.17) is 9.97 Å². The van der Waals surface area contributed by atoms with E-state index in [1.807, 2.05) is 66.7 Å². The minimum atomic E-state index is -0.435. The van der Waals surface area contributed by atoms with Crippen molar-refractivity contribution in [2.24, 2.45) is 0 Å². The van der Waals surface area contributed by atoms with Gasteiger partial charge in [0.05, 0.1) is 34.0 Å². The summed E-state index contributed by atoms with van der Waals surface area (Å²) in [5.41, 5.74) is 14.6. The predicted octanol–water partition coefficient (Wildman–Crippen LogP) is 9.78. The highest BCUT2D eigenvalue weighted by Crippen LogP contribution is 2.77. The van der Waals surface area contributed by atoms with E-state index in [9.17, 15) is 10.5 Å². The number of nitrogens with zero attached hydrogens (tertiary/aromatic N) is 4. The van der Waals surface area contributed by atoms with Crippen LogP contribution in [0.3, 0.4) is 0 Å². The number of hydrogen-bond acceptors (Lipinski definition) is 4. The standard InChI is InChI=1S/C45H26N4/c46-25-31-17-10-20-37-40(31)41-33-18-7-8-19-36(33)45(37)42-34(43(41)45)22-21-32(35(42)26-47)29-15-9-16-30(23-29)44-48-38(27-11-3-1-4-12-27)24-39(49-44)28-13-5-2-6-14-28/h1-24,41,43H. The smallest absolute Gasteiger partial charge is 0.160 e. The molecule has 0 fully saturated rings. The zero-order chi connectivity index (χ0) is 32.7. The lowest BCUT2D eigenvalue weighted by Crippen LogP contribution is -2.41. The Balaban J connectivity index is 1.15. The van der Waals surface area contributed by atoms with Crippen LogP contribution < -0.4 is 0 Å². The Bertz CT molecular complexity index is 2540. The molecule has 2 bridgehead atoms. The van der Waals surface area contributed by atoms with Crippen molar-refractivity contribution in [1.29, 1.82) is 10.5 Å². The van der Waals surface area contributed by atoms with Crippen LogP contribution in [-0.2, 0) is 5.41 Å². The zero-order valence-electron chi connectivity index (χ0n) is 26.3. The highest BCUT2D eigenvalue weighted by atomic mass is 14.9. The van der Waals surface area contributed by atoms with E-state index < -0.39 is 5.41 Å². The molecule has 0 saturated heterocycles. The molecule has 4 nitrogen and oxygen atoms in total. The van der Waals surface area contributed by atoms with Gasteiger partial charge < -0.3 is 0 Å². The fraction of sp³-hybridized carbons (Fsp3) is 0.0667. The van der Waals surface area contributed by atoms with Gasteiger partial charge in [-0.05, 0) is 62.7 Å². The van der Waals surface area contributed by atoms with Crippen LogP contribution in [-0.4, -0.2) is 9.97 Å². The molecule has 0 spiro atoms. The van der Waals surface area contributed by atoms with Crippen molar-refractivity contribution >= 4 is 0 Å². The van der Waals surface area contributed by atoms with Gasteiger partial charge in [-0.25, -0.2) is 9.97 Å². The molecule has 0 saturated carbocycles. The van der Waals surface area contributed by atoms with Gasteiger partial charge in [0, 0.05) is 28.5 Å². The molecular formula is C45H26N4. The van der Waals surface area contributed by atoms with Crippen molar-refractivity contribution in [3.63, 3.8) is 0 Å². The maximum atomic E-state index is 10.9. The highest BCUT2D eigenvalue weighted by Gasteiger charge is 2.69. The Labute approximate surface area is 284 Å². The second kappa shape index (κ2) is 10.2. The minimum absolute atomic E-state index is 0.114. The predicted molar refractivity (Wildman–Crippen MR) is 191 cm³/mol. The Morgan fingerprint density at radius 1 is 0.531 bits per heavy atom. The van der Waals surface area contributed by atoms with Gasteiger partial charge in [0.2, 0.25) is 0 Å². The maximum absolute atomic E-state index is 10.9. The second-order valence-corrected chi connectivity index (χ2v) is 13.1. The molecule has 7 aromatic rings. The first-order valence-corrected chi connectivity index (χ1v) is 16.5. The molecule has 0 radical (unpaired) electrons. The van der Waals surface area contributed by atoms with E-state index in [0.717, 1.165) is 55.9 Å². The van der Waals surface area contributed by atoms with Crippen molar-refractivity contribution in [3.05, 3.63) is 190 Å². The lowest BCUT2D eigenvalue weighted by Gasteiger charge is -2.47. The Morgan fingerprint density at radius 2 is 1.16 bits per heavy atom. The Kier molecular flexibility index (Phi) is 5.72. The molecule has 1 heterocycles. The van der Waals surface area contributed by atoms with Crippen molar-refractivity contribution < 1.29 is 0 Å². The van der Waals surface area contributed by atoms with E-state index >= 15 is 0 Å². The Morgan fingerprint density at radius 3 is 1.88 bits per heavy atom. The van der Waals surface area contributed by atoms with Crippen molar-refractivity contribution in [3.8, 4) is 57.2 Å². The Hall–Kier alpha value is -6.62. The summed E-state index contributed by atoms with van der Waals surface area (Å²) >= 11 is 0. The highest BCUT2D eigenvalue weighted by molar-refractivity contribution is 5.87. The number of nitriles is 2. The maximum Gasteiger partial charge on any atom is 0.160 e. The third kappa shape index (κ3) is 3.61. The van der Waals surface area contributed by atoms with E-state index in [-0.39, 0.29) is 11.8 Å². The van der Waals surface area contributed by atoms with Gasteiger partial charge in [0.25, 0.3) is 0 Å². The van der Waals surface area contributed by atoms with Crippen LogP contribution in [0, 0.1) is 22.7 Å². The van der Waals surface area contributed by atoms with Crippen molar-refractivity contribution in [2.45, 2.75) is 17.3 Å². The molecule has 226 valence electrons. The molecule has 10 rings (SSSR count). The molecule has 0 N–H and O–H groups in total. The van der Waals surface area contributed by atoms with Crippen LogP contribution in [0.1, 0.15) is 56.3 Å². The topological polar surface area (TPSA) is 73.4 Å². The molecule has 6 aromatic carbocycles. The summed E-state index contributed by atoms with van der Waals surface area (Å²) in [6.07, 6.45) is 0. The summed E-state index contributed by atoms with van der Waals surface area (Å²) in [5, 5.41) is 21.1. The largest absolute Gasteiger partial charge is 0.228 e. The van der Waals surface area contributed by atoms with E-state index in [0.29, 0.717) is 11.4 Å². The summed E-state index contributed by atoms with van der Waals surface area (Å²) in [6.45, 7) is 0. The third-order valence-corrected chi connectivity index (χ3v) is 10.9. The van der Waals surface area contributed by atoms with E-state index in [1.54, 1.807) is 0 Å². The normalized spacial score (nSPS) is 18.7. The number of hydrogen-bond donors (Lipinski definition) is 0. The summed E-state index contributed by atoms with van der Waals surface area (Å²) in [4.78, 5) is 10.1. The summed E-state index contributed by atoms with van der Waals surface area (Å²) in [7, 11) is 0. The van der Waals surface area contributed by atoms with Crippen molar-refractivity contribution in [1.82, 2.24) is 9.97 Å². The average Bonchev–Trinajstić information content (AvgIpc) is 3.58. The summed E-state index contributed by atoms with van der Waals surface area (Å²) in [5.74, 6) is 0.926. The van der Waals surface area contributed by atoms with Crippen LogP contribution in [0.4, 0.5) is 0 Å². The van der Waals surface area contributed by atoms with Crippen LogP contribution in [0.2, 0.25) is 0 Å². The number of fused-ring (bicyclic) bond motifs is 5. The first kappa shape index (κ1) is 27.5. The van der Waals surface area contributed by atoms with E-state index in [1.165, 1.54) is 22.3 Å². The first-order valence-electron chi connectivity index (χ1n) is 16.5. The number of aromatic nitrogens is 2. The quantitative estimate of drug-likeness (QED) is 0.196. The number of benzene rings is 6. The SMILES string of the molecule is N#Cc1cccc2c1C1c3ccccc3C23c2c(ccc(-c4cccc(-c5nc(-c6ccccc6)cc(-c6ccccc6)n5)c4)c2C#N)C13. The van der Waals surface area contributed by atoms with Gasteiger partial charge in [0.15, 0.2) is 5.82 Å². The van der Waals surface area contributed by atoms with E-state index in [2.05, 4.69) is 91.0 Å². The molecule has 3 unspecified atom stereocenters. The van der Waals surface area contributed by atoms with Gasteiger partial charge >= 0.3 is 0 Å². The number of rotatable bonds is 4. The monoisotopic (exact) mass is 622 g/mol. The van der Waals surface area contributed by atoms with Gasteiger partial charge in [-0.1, -0.05) is 127 Å². The molecule has 49 heavy (non-hydrogen) atoms. The second-order valence-electron chi connectivity index (χ2n) is 13.1. The summed E-state index contributed by atoms with van der Waals surface area (Å²) < 4.78 is 0. The molecule has 3 aliphatic carbocycles.